The van der Waals surface area contributed by atoms with Crippen molar-refractivity contribution in [2.45, 2.75) is 20.8 Å². The van der Waals surface area contributed by atoms with Crippen molar-refractivity contribution in [2.24, 2.45) is 5.10 Å². The van der Waals surface area contributed by atoms with Gasteiger partial charge in [-0.05, 0) is 13.8 Å². The predicted molar refractivity (Wildman–Crippen MR) is 39.5 cm³/mol. The van der Waals surface area contributed by atoms with Crippen molar-refractivity contribution in [3.63, 3.8) is 0 Å². The van der Waals surface area contributed by atoms with Crippen molar-refractivity contribution in [1.29, 1.82) is 0 Å². The molecule has 0 heterocycles. The summed E-state index contributed by atoms with van der Waals surface area (Å²) in [6.07, 6.45) is 0. The Morgan fingerprint density at radius 1 is 1.33 bits per heavy atom. The molecule has 0 aromatic heterocycles. The Morgan fingerprint density at radius 2 is 1.89 bits per heavy atom. The summed E-state index contributed by atoms with van der Waals surface area (Å²) < 4.78 is 0. The first kappa shape index (κ1) is 8.14. The molecule has 0 atom stereocenters. The van der Waals surface area contributed by atoms with Gasteiger partial charge in [-0.25, -0.2) is 0 Å². The molecule has 0 unspecified atom stereocenters. The molecule has 0 aliphatic rings. The quantitative estimate of drug-likeness (QED) is 0.268. The van der Waals surface area contributed by atoms with Crippen molar-refractivity contribution in [3.8, 4) is 0 Å². The molecular weight excluding hydrogens is 114 g/mol. The third kappa shape index (κ3) is 5.00. The van der Waals surface area contributed by atoms with Crippen LogP contribution in [0.2, 0.25) is 0 Å². The maximum Gasteiger partial charge on any atom is 0.264 e. The van der Waals surface area contributed by atoms with Crippen LogP contribution in [0.25, 0.3) is 0 Å². The molecule has 3 heteroatoms. The lowest BCUT2D eigenvalue weighted by Gasteiger charge is -1.87. The van der Waals surface area contributed by atoms with Gasteiger partial charge >= 0.3 is 0 Å². The molecule has 0 saturated heterocycles. The predicted octanol–water partition coefficient (Wildman–Crippen LogP) is -0.899. The number of amidine groups is 1. The molecule has 9 heavy (non-hydrogen) atoms. The van der Waals surface area contributed by atoms with Gasteiger partial charge < -0.3 is 0 Å². The van der Waals surface area contributed by atoms with E-state index in [2.05, 4.69) is 15.5 Å². The van der Waals surface area contributed by atoms with Crippen LogP contribution in [0.4, 0.5) is 0 Å². The average molecular weight is 128 g/mol. The standard InChI is InChI=1S/C6H13N3/c1-5(2)8-9-6(3)7-4/h1-4H3,(H,7,9)/p+1. The third-order valence-electron chi connectivity index (χ3n) is 0.822. The minimum Gasteiger partial charge on any atom is -0.280 e. The number of hydrogen-bond donors (Lipinski definition) is 2. The van der Waals surface area contributed by atoms with Gasteiger partial charge in [-0.1, -0.05) is 5.10 Å². The molecule has 0 aromatic carbocycles. The Kier molecular flexibility index (Phi) is 3.67. The fraction of sp³-hybridized carbons (Fsp3) is 0.667. The Labute approximate surface area is 55.9 Å². The molecule has 0 saturated carbocycles. The van der Waals surface area contributed by atoms with Crippen LogP contribution in [0.15, 0.2) is 5.10 Å². The fourth-order valence-corrected chi connectivity index (χ4v) is 0.252. The maximum absolute atomic E-state index is 3.96. The topological polar surface area (TPSA) is 38.4 Å². The maximum atomic E-state index is 3.96. The number of hydrazone groups is 1. The second kappa shape index (κ2) is 4.06. The van der Waals surface area contributed by atoms with E-state index in [0.29, 0.717) is 0 Å². The van der Waals surface area contributed by atoms with Crippen molar-refractivity contribution in [2.75, 3.05) is 7.05 Å². The highest BCUT2D eigenvalue weighted by molar-refractivity contribution is 5.81. The van der Waals surface area contributed by atoms with Gasteiger partial charge in [0.2, 0.25) is 0 Å². The first-order valence-electron chi connectivity index (χ1n) is 2.95. The average Bonchev–Trinajstić information content (AvgIpc) is 1.83. The van der Waals surface area contributed by atoms with E-state index < -0.39 is 0 Å². The number of nitrogens with one attached hydrogen (secondary N) is 2. The van der Waals surface area contributed by atoms with E-state index in [1.807, 2.05) is 27.8 Å². The van der Waals surface area contributed by atoms with Crippen LogP contribution < -0.4 is 10.4 Å². The number of nitrogens with zero attached hydrogens (tertiary/aromatic N) is 1. The summed E-state index contributed by atoms with van der Waals surface area (Å²) in [4.78, 5) is 2.92. The highest BCUT2D eigenvalue weighted by atomic mass is 15.3. The van der Waals surface area contributed by atoms with Crippen LogP contribution in [-0.2, 0) is 0 Å². The highest BCUT2D eigenvalue weighted by Crippen LogP contribution is 1.67. The molecule has 0 amide bonds. The van der Waals surface area contributed by atoms with Crippen LogP contribution in [0, 0.1) is 0 Å². The van der Waals surface area contributed by atoms with Crippen LogP contribution in [0.5, 0.6) is 0 Å². The second-order valence-corrected chi connectivity index (χ2v) is 2.05. The lowest BCUT2D eigenvalue weighted by atomic mass is 10.5. The van der Waals surface area contributed by atoms with Crippen molar-refractivity contribution < 1.29 is 4.99 Å². The summed E-state index contributed by atoms with van der Waals surface area (Å²) in [5, 5.41) is 3.96. The molecule has 0 aromatic rings. The minimum atomic E-state index is 0.955. The van der Waals surface area contributed by atoms with Gasteiger partial charge in [0.15, 0.2) is 0 Å². The molecule has 0 aliphatic carbocycles. The zero-order valence-electron chi connectivity index (χ0n) is 6.45. The molecule has 0 aliphatic heterocycles. The Morgan fingerprint density at radius 3 is 2.22 bits per heavy atom. The van der Waals surface area contributed by atoms with E-state index in [4.69, 9.17) is 0 Å². The summed E-state index contributed by atoms with van der Waals surface area (Å²) in [5.41, 5.74) is 3.84. The smallest absolute Gasteiger partial charge is 0.264 e. The zero-order valence-corrected chi connectivity index (χ0v) is 6.45. The summed E-state index contributed by atoms with van der Waals surface area (Å²) in [6, 6.07) is 0. The van der Waals surface area contributed by atoms with E-state index in [9.17, 15) is 0 Å². The number of rotatable bonds is 1. The van der Waals surface area contributed by atoms with E-state index in [0.717, 1.165) is 11.5 Å². The summed E-state index contributed by atoms with van der Waals surface area (Å²) in [5.74, 6) is 0.955. The SMILES string of the molecule is C[NH+]=C(C)NN=C(C)C. The summed E-state index contributed by atoms with van der Waals surface area (Å²) in [7, 11) is 1.85. The molecular formula is C6H14N3+. The van der Waals surface area contributed by atoms with Gasteiger partial charge in [-0.2, -0.15) is 5.43 Å². The molecule has 3 nitrogen and oxygen atoms in total. The first-order chi connectivity index (χ1) is 4.16. The van der Waals surface area contributed by atoms with Gasteiger partial charge in [0.25, 0.3) is 5.84 Å². The molecule has 0 spiro atoms. The minimum absolute atomic E-state index is 0.955. The summed E-state index contributed by atoms with van der Waals surface area (Å²) >= 11 is 0. The second-order valence-electron chi connectivity index (χ2n) is 2.05. The number of hydrogen-bond acceptors (Lipinski definition) is 1. The van der Waals surface area contributed by atoms with E-state index in [1.165, 1.54) is 0 Å². The molecule has 52 valence electrons. The van der Waals surface area contributed by atoms with E-state index in [-0.39, 0.29) is 0 Å². The van der Waals surface area contributed by atoms with E-state index in [1.54, 1.807) is 0 Å². The van der Waals surface area contributed by atoms with Gasteiger partial charge in [-0.3, -0.25) is 4.99 Å². The molecule has 2 N–H and O–H groups in total. The van der Waals surface area contributed by atoms with Crippen LogP contribution in [0.3, 0.4) is 0 Å². The van der Waals surface area contributed by atoms with Crippen LogP contribution in [-0.4, -0.2) is 18.6 Å². The van der Waals surface area contributed by atoms with Gasteiger partial charge in [0, 0.05) is 6.92 Å². The largest absolute Gasteiger partial charge is 0.280 e. The molecule has 0 bridgehead atoms. The van der Waals surface area contributed by atoms with Crippen LogP contribution >= 0.6 is 0 Å². The Hall–Kier alpha value is -0.860. The van der Waals surface area contributed by atoms with E-state index >= 15 is 0 Å². The monoisotopic (exact) mass is 128 g/mol. The third-order valence-corrected chi connectivity index (χ3v) is 0.822. The Bertz CT molecular complexity index is 131. The molecule has 0 radical (unpaired) electrons. The first-order valence-corrected chi connectivity index (χ1v) is 2.95. The summed E-state index contributed by atoms with van der Waals surface area (Å²) in [6.45, 7) is 5.80. The highest BCUT2D eigenvalue weighted by Gasteiger charge is 1.89. The van der Waals surface area contributed by atoms with Gasteiger partial charge in [0.1, 0.15) is 0 Å². The molecule has 0 fully saturated rings. The normalized spacial score (nSPS) is 10.9. The van der Waals surface area contributed by atoms with Crippen molar-refractivity contribution in [3.05, 3.63) is 0 Å². The fourth-order valence-electron chi connectivity index (χ4n) is 0.252. The lowest BCUT2D eigenvalue weighted by molar-refractivity contribution is -0.422. The van der Waals surface area contributed by atoms with Crippen molar-refractivity contribution >= 4 is 11.5 Å². The zero-order chi connectivity index (χ0) is 7.28. The lowest BCUT2D eigenvalue weighted by Crippen LogP contribution is -2.70. The molecule has 0 rings (SSSR count). The van der Waals surface area contributed by atoms with Gasteiger partial charge in [-0.15, -0.1) is 0 Å². The van der Waals surface area contributed by atoms with Crippen LogP contribution in [0.1, 0.15) is 20.8 Å². The van der Waals surface area contributed by atoms with Gasteiger partial charge in [0.05, 0.1) is 12.8 Å². The van der Waals surface area contributed by atoms with Crippen molar-refractivity contribution in [1.82, 2.24) is 5.43 Å². The Balaban J connectivity index is 3.64.